The van der Waals surface area contributed by atoms with Crippen LogP contribution in [0.25, 0.3) is 0 Å². The van der Waals surface area contributed by atoms with Crippen molar-refractivity contribution in [1.82, 2.24) is 5.32 Å². The molecule has 0 fully saturated rings. The minimum Gasteiger partial charge on any atom is -0.389 e. The predicted octanol–water partition coefficient (Wildman–Crippen LogP) is -1.22. The lowest BCUT2D eigenvalue weighted by Gasteiger charge is -2.07. The van der Waals surface area contributed by atoms with Crippen LogP contribution in [0.4, 0.5) is 0 Å². The van der Waals surface area contributed by atoms with Gasteiger partial charge < -0.3 is 20.0 Å². The molecule has 0 heterocycles. The molecular formula is C6H13NO3. The van der Waals surface area contributed by atoms with Gasteiger partial charge in [-0.2, -0.15) is 0 Å². The van der Waals surface area contributed by atoms with Crippen molar-refractivity contribution < 1.29 is 14.6 Å². The minimum absolute atomic E-state index is 0.279. The van der Waals surface area contributed by atoms with Gasteiger partial charge in [-0.25, -0.2) is 0 Å². The molecule has 60 valence electrons. The summed E-state index contributed by atoms with van der Waals surface area (Å²) in [5, 5.41) is 11.7. The highest BCUT2D eigenvalue weighted by Gasteiger charge is 2.00. The number of hydrogen-bond acceptors (Lipinski definition) is 4. The molecule has 0 aliphatic rings. The van der Waals surface area contributed by atoms with E-state index >= 15 is 0 Å². The second-order valence-electron chi connectivity index (χ2n) is 1.93. The summed E-state index contributed by atoms with van der Waals surface area (Å²) in [6.07, 6.45) is 0.226. The predicted molar refractivity (Wildman–Crippen MR) is 36.8 cm³/mol. The zero-order valence-corrected chi connectivity index (χ0v) is 6.04. The van der Waals surface area contributed by atoms with Crippen LogP contribution in [0.3, 0.4) is 0 Å². The number of rotatable bonds is 6. The van der Waals surface area contributed by atoms with Crippen LogP contribution in [0.15, 0.2) is 0 Å². The van der Waals surface area contributed by atoms with Crippen molar-refractivity contribution >= 4 is 6.29 Å². The van der Waals surface area contributed by atoms with E-state index in [-0.39, 0.29) is 6.54 Å². The van der Waals surface area contributed by atoms with Crippen LogP contribution in [0.5, 0.6) is 0 Å². The lowest BCUT2D eigenvalue weighted by Crippen LogP contribution is -2.30. The number of aliphatic hydroxyl groups is 1. The molecule has 0 saturated heterocycles. The van der Waals surface area contributed by atoms with E-state index in [1.165, 1.54) is 7.11 Å². The van der Waals surface area contributed by atoms with Gasteiger partial charge in [0.1, 0.15) is 6.29 Å². The van der Waals surface area contributed by atoms with Gasteiger partial charge in [-0.05, 0) is 0 Å². The first-order valence-electron chi connectivity index (χ1n) is 3.12. The number of hydrogen-bond donors (Lipinski definition) is 2. The first-order chi connectivity index (χ1) is 4.81. The number of aldehydes is 1. The topological polar surface area (TPSA) is 58.6 Å². The van der Waals surface area contributed by atoms with Gasteiger partial charge in [-0.1, -0.05) is 0 Å². The summed E-state index contributed by atoms with van der Waals surface area (Å²) in [7, 11) is 1.52. The first-order valence-corrected chi connectivity index (χ1v) is 3.12. The third kappa shape index (κ3) is 5.68. The number of methoxy groups -OCH3 is 1. The van der Waals surface area contributed by atoms with Crippen molar-refractivity contribution in [2.24, 2.45) is 0 Å². The summed E-state index contributed by atoms with van der Waals surface area (Å²) in [6.45, 7) is 0.971. The molecule has 4 heteroatoms. The quantitative estimate of drug-likeness (QED) is 0.365. The van der Waals surface area contributed by atoms with Crippen LogP contribution in [0.2, 0.25) is 0 Å². The van der Waals surface area contributed by atoms with E-state index in [9.17, 15) is 4.79 Å². The number of carbonyl (C=O) groups excluding carboxylic acids is 1. The Bertz CT molecular complexity index is 87.1. The fourth-order valence-corrected chi connectivity index (χ4v) is 0.560. The molecule has 0 spiro atoms. The van der Waals surface area contributed by atoms with Crippen LogP contribution in [-0.4, -0.2) is 44.3 Å². The zero-order chi connectivity index (χ0) is 7.82. The van der Waals surface area contributed by atoms with Gasteiger partial charge in [-0.15, -0.1) is 0 Å². The van der Waals surface area contributed by atoms with Crippen molar-refractivity contribution in [1.29, 1.82) is 0 Å². The maximum atomic E-state index is 9.77. The van der Waals surface area contributed by atoms with Gasteiger partial charge in [0, 0.05) is 13.7 Å². The van der Waals surface area contributed by atoms with E-state index in [1.54, 1.807) is 0 Å². The fraction of sp³-hybridized carbons (Fsp3) is 0.833. The van der Waals surface area contributed by atoms with E-state index in [0.717, 1.165) is 6.29 Å². The maximum absolute atomic E-state index is 9.77. The van der Waals surface area contributed by atoms with Crippen LogP contribution in [0, 0.1) is 0 Å². The van der Waals surface area contributed by atoms with Gasteiger partial charge in [0.15, 0.2) is 0 Å². The average molecular weight is 147 g/mol. The number of nitrogens with one attached hydrogen (secondary N) is 1. The highest BCUT2D eigenvalue weighted by Crippen LogP contribution is 1.79. The Kier molecular flexibility index (Phi) is 6.37. The highest BCUT2D eigenvalue weighted by molar-refractivity contribution is 5.51. The number of aliphatic hydroxyl groups excluding tert-OH is 1. The monoisotopic (exact) mass is 147 g/mol. The molecule has 0 radical (unpaired) electrons. The third-order valence-electron chi connectivity index (χ3n) is 0.967. The summed E-state index contributed by atoms with van der Waals surface area (Å²) in [5.41, 5.74) is 0. The van der Waals surface area contributed by atoms with Crippen molar-refractivity contribution in [2.45, 2.75) is 6.10 Å². The molecule has 0 aliphatic heterocycles. The summed E-state index contributed by atoms with van der Waals surface area (Å²) >= 11 is 0. The molecule has 2 N–H and O–H groups in total. The Balaban J connectivity index is 3.04. The molecule has 0 amide bonds. The molecule has 0 aromatic heterocycles. The molecule has 1 atom stereocenters. The lowest BCUT2D eigenvalue weighted by molar-refractivity contribution is -0.107. The van der Waals surface area contributed by atoms with Crippen LogP contribution in [0.1, 0.15) is 0 Å². The normalized spacial score (nSPS) is 13.0. The average Bonchev–Trinajstić information content (AvgIpc) is 1.89. The standard InChI is InChI=1S/C6H13NO3/c1-10-5-6(9)4-7-2-3-8/h3,6-7,9H,2,4-5H2,1H3. The second kappa shape index (κ2) is 6.67. The molecule has 0 aliphatic carbocycles. The molecular weight excluding hydrogens is 134 g/mol. The van der Waals surface area contributed by atoms with E-state index in [0.29, 0.717) is 13.2 Å². The first kappa shape index (κ1) is 9.55. The van der Waals surface area contributed by atoms with Gasteiger partial charge in [0.25, 0.3) is 0 Å². The van der Waals surface area contributed by atoms with Crippen molar-refractivity contribution in [3.05, 3.63) is 0 Å². The summed E-state index contributed by atoms with van der Waals surface area (Å²) in [6, 6.07) is 0. The Labute approximate surface area is 60.2 Å². The van der Waals surface area contributed by atoms with E-state index in [2.05, 4.69) is 10.1 Å². The molecule has 0 saturated carbocycles. The molecule has 4 nitrogen and oxygen atoms in total. The van der Waals surface area contributed by atoms with Crippen LogP contribution in [-0.2, 0) is 9.53 Å². The number of ether oxygens (including phenoxy) is 1. The molecule has 0 rings (SSSR count). The zero-order valence-electron chi connectivity index (χ0n) is 6.04. The largest absolute Gasteiger partial charge is 0.389 e. The third-order valence-corrected chi connectivity index (χ3v) is 0.967. The second-order valence-corrected chi connectivity index (χ2v) is 1.93. The molecule has 1 unspecified atom stereocenters. The van der Waals surface area contributed by atoms with Gasteiger partial charge in [-0.3, -0.25) is 0 Å². The minimum atomic E-state index is -0.523. The fourth-order valence-electron chi connectivity index (χ4n) is 0.560. The Morgan fingerprint density at radius 2 is 2.50 bits per heavy atom. The summed E-state index contributed by atoms with van der Waals surface area (Å²) in [4.78, 5) is 9.77. The molecule has 0 aromatic rings. The SMILES string of the molecule is COCC(O)CNCC=O. The summed E-state index contributed by atoms with van der Waals surface area (Å²) < 4.78 is 4.66. The van der Waals surface area contributed by atoms with Crippen molar-refractivity contribution in [3.8, 4) is 0 Å². The van der Waals surface area contributed by atoms with E-state index < -0.39 is 6.10 Å². The molecule has 0 bridgehead atoms. The molecule has 10 heavy (non-hydrogen) atoms. The van der Waals surface area contributed by atoms with E-state index in [4.69, 9.17) is 5.11 Å². The Morgan fingerprint density at radius 1 is 1.80 bits per heavy atom. The van der Waals surface area contributed by atoms with Gasteiger partial charge >= 0.3 is 0 Å². The maximum Gasteiger partial charge on any atom is 0.133 e. The smallest absolute Gasteiger partial charge is 0.133 e. The Morgan fingerprint density at radius 3 is 3.00 bits per heavy atom. The van der Waals surface area contributed by atoms with Crippen LogP contribution >= 0.6 is 0 Å². The molecule has 0 aromatic carbocycles. The van der Waals surface area contributed by atoms with Crippen molar-refractivity contribution in [3.63, 3.8) is 0 Å². The van der Waals surface area contributed by atoms with Crippen LogP contribution < -0.4 is 5.32 Å². The van der Waals surface area contributed by atoms with Gasteiger partial charge in [0.05, 0.1) is 19.3 Å². The highest BCUT2D eigenvalue weighted by atomic mass is 16.5. The Hall–Kier alpha value is -0.450. The number of carbonyl (C=O) groups is 1. The van der Waals surface area contributed by atoms with Gasteiger partial charge in [0.2, 0.25) is 0 Å². The lowest BCUT2D eigenvalue weighted by atomic mass is 10.4. The summed E-state index contributed by atoms with van der Waals surface area (Å²) in [5.74, 6) is 0. The van der Waals surface area contributed by atoms with Crippen molar-refractivity contribution in [2.75, 3.05) is 26.8 Å². The van der Waals surface area contributed by atoms with E-state index in [1.807, 2.05) is 0 Å².